The van der Waals surface area contributed by atoms with Crippen molar-refractivity contribution in [1.82, 2.24) is 9.62 Å². The maximum Gasteiger partial charge on any atom is 0.243 e. The van der Waals surface area contributed by atoms with Crippen molar-refractivity contribution >= 4 is 26.9 Å². The number of fused-ring (bicyclic) bond motifs is 1. The number of sulfonamides is 1. The Kier molecular flexibility index (Phi) is 5.43. The molecule has 1 fully saturated rings. The number of furan rings is 1. The number of piperidine rings is 1. The van der Waals surface area contributed by atoms with Gasteiger partial charge in [-0.1, -0.05) is 36.4 Å². The Balaban J connectivity index is 1.44. The monoisotopic (exact) mass is 412 g/mol. The Labute approximate surface area is 170 Å². The molecule has 29 heavy (non-hydrogen) atoms. The van der Waals surface area contributed by atoms with Crippen LogP contribution in [0.5, 0.6) is 0 Å². The van der Waals surface area contributed by atoms with Crippen LogP contribution in [-0.4, -0.2) is 31.7 Å². The second-order valence-electron chi connectivity index (χ2n) is 7.43. The molecule has 1 amide bonds. The first kappa shape index (κ1) is 19.7. The van der Waals surface area contributed by atoms with Gasteiger partial charge in [-0.25, -0.2) is 8.42 Å². The Morgan fingerprint density at radius 1 is 1.14 bits per heavy atom. The van der Waals surface area contributed by atoms with E-state index in [1.54, 1.807) is 30.3 Å². The summed E-state index contributed by atoms with van der Waals surface area (Å²) in [6, 6.07) is 17.7. The maximum absolute atomic E-state index is 12.9. The number of carbonyl (C=O) groups is 1. The van der Waals surface area contributed by atoms with E-state index >= 15 is 0 Å². The van der Waals surface area contributed by atoms with E-state index in [-0.39, 0.29) is 29.3 Å². The zero-order chi connectivity index (χ0) is 20.4. The predicted molar refractivity (Wildman–Crippen MR) is 111 cm³/mol. The number of para-hydroxylation sites is 1. The van der Waals surface area contributed by atoms with Crippen molar-refractivity contribution in [2.24, 2.45) is 5.92 Å². The topological polar surface area (TPSA) is 79.6 Å². The van der Waals surface area contributed by atoms with E-state index in [0.717, 1.165) is 11.0 Å². The zero-order valence-corrected chi connectivity index (χ0v) is 17.1. The summed E-state index contributed by atoms with van der Waals surface area (Å²) in [6.07, 6.45) is 1.32. The van der Waals surface area contributed by atoms with E-state index in [0.29, 0.717) is 25.1 Å². The van der Waals surface area contributed by atoms with E-state index in [9.17, 15) is 13.2 Å². The summed E-state index contributed by atoms with van der Waals surface area (Å²) in [6.45, 7) is 2.49. The first-order chi connectivity index (χ1) is 13.9. The fourth-order valence-electron chi connectivity index (χ4n) is 3.73. The molecule has 2 heterocycles. The van der Waals surface area contributed by atoms with Gasteiger partial charge in [-0.2, -0.15) is 4.31 Å². The van der Waals surface area contributed by atoms with Gasteiger partial charge in [-0.3, -0.25) is 4.79 Å². The average molecular weight is 413 g/mol. The highest BCUT2D eigenvalue weighted by Crippen LogP contribution is 2.26. The lowest BCUT2D eigenvalue weighted by atomic mass is 9.98. The molecule has 0 bridgehead atoms. The molecule has 3 aromatic rings. The van der Waals surface area contributed by atoms with E-state index in [1.165, 1.54) is 4.31 Å². The first-order valence-electron chi connectivity index (χ1n) is 9.79. The zero-order valence-electron chi connectivity index (χ0n) is 16.2. The number of hydrogen-bond acceptors (Lipinski definition) is 4. The largest absolute Gasteiger partial charge is 0.459 e. The van der Waals surface area contributed by atoms with Crippen molar-refractivity contribution < 1.29 is 17.6 Å². The van der Waals surface area contributed by atoms with Gasteiger partial charge in [0.15, 0.2) is 0 Å². The molecule has 0 aliphatic carbocycles. The third kappa shape index (κ3) is 4.06. The molecule has 152 valence electrons. The highest BCUT2D eigenvalue weighted by Gasteiger charge is 2.33. The Morgan fingerprint density at radius 3 is 2.62 bits per heavy atom. The van der Waals surface area contributed by atoms with Gasteiger partial charge in [0.2, 0.25) is 15.9 Å². The fourth-order valence-corrected chi connectivity index (χ4v) is 5.28. The van der Waals surface area contributed by atoms with Crippen LogP contribution in [0.25, 0.3) is 11.0 Å². The number of hydrogen-bond donors (Lipinski definition) is 1. The first-order valence-corrected chi connectivity index (χ1v) is 11.2. The van der Waals surface area contributed by atoms with E-state index in [1.807, 2.05) is 37.3 Å². The fraction of sp³-hybridized carbons (Fsp3) is 0.318. The van der Waals surface area contributed by atoms with Gasteiger partial charge in [0.1, 0.15) is 11.3 Å². The van der Waals surface area contributed by atoms with Crippen molar-refractivity contribution in [2.75, 3.05) is 13.1 Å². The summed E-state index contributed by atoms with van der Waals surface area (Å²) in [5, 5.41) is 3.97. The van der Waals surface area contributed by atoms with Gasteiger partial charge in [0, 0.05) is 18.5 Å². The number of benzene rings is 2. The molecule has 2 atom stereocenters. The summed E-state index contributed by atoms with van der Waals surface area (Å²) < 4.78 is 33.0. The SMILES string of the molecule is C[C@H](NC(=O)[C@H]1CCCN(S(=O)(=O)c2ccccc2)C1)c1cc2ccccc2o1. The molecule has 1 aliphatic heterocycles. The number of carbonyl (C=O) groups excluding carboxylic acids is 1. The van der Waals surface area contributed by atoms with Crippen LogP contribution in [0.2, 0.25) is 0 Å². The molecule has 2 aromatic carbocycles. The second-order valence-corrected chi connectivity index (χ2v) is 9.37. The van der Waals surface area contributed by atoms with Crippen molar-refractivity contribution in [3.63, 3.8) is 0 Å². The molecule has 0 spiro atoms. The summed E-state index contributed by atoms with van der Waals surface area (Å²) in [5.74, 6) is 0.157. The molecule has 0 unspecified atom stereocenters. The van der Waals surface area contributed by atoms with Crippen LogP contribution in [0.15, 0.2) is 70.0 Å². The smallest absolute Gasteiger partial charge is 0.243 e. The van der Waals surface area contributed by atoms with Gasteiger partial charge < -0.3 is 9.73 Å². The molecule has 4 rings (SSSR count). The Hall–Kier alpha value is -2.64. The average Bonchev–Trinajstić information content (AvgIpc) is 3.19. The minimum Gasteiger partial charge on any atom is -0.459 e. The maximum atomic E-state index is 12.9. The lowest BCUT2D eigenvalue weighted by molar-refractivity contribution is -0.126. The van der Waals surface area contributed by atoms with Crippen LogP contribution in [0.3, 0.4) is 0 Å². The number of nitrogens with zero attached hydrogens (tertiary/aromatic N) is 1. The van der Waals surface area contributed by atoms with E-state index in [2.05, 4.69) is 5.32 Å². The van der Waals surface area contributed by atoms with Crippen molar-refractivity contribution in [3.8, 4) is 0 Å². The third-order valence-corrected chi connectivity index (χ3v) is 7.25. The van der Waals surface area contributed by atoms with Crippen LogP contribution in [0.1, 0.15) is 31.6 Å². The van der Waals surface area contributed by atoms with Crippen LogP contribution < -0.4 is 5.32 Å². The summed E-state index contributed by atoms with van der Waals surface area (Å²) in [5.41, 5.74) is 0.779. The van der Waals surface area contributed by atoms with Crippen LogP contribution in [0.4, 0.5) is 0 Å². The normalized spacial score (nSPS) is 19.1. The Morgan fingerprint density at radius 2 is 1.86 bits per heavy atom. The van der Waals surface area contributed by atoms with Crippen molar-refractivity contribution in [3.05, 3.63) is 66.4 Å². The molecule has 1 N–H and O–H groups in total. The summed E-state index contributed by atoms with van der Waals surface area (Å²) in [4.78, 5) is 13.1. The molecule has 1 aromatic heterocycles. The van der Waals surface area contributed by atoms with Crippen LogP contribution in [0, 0.1) is 5.92 Å². The Bertz CT molecular complexity index is 1080. The van der Waals surface area contributed by atoms with Crippen molar-refractivity contribution in [2.45, 2.75) is 30.7 Å². The number of rotatable bonds is 5. The summed E-state index contributed by atoms with van der Waals surface area (Å²) >= 11 is 0. The standard InChI is InChI=1S/C22H24N2O4S/c1-16(21-14-17-8-5-6-12-20(17)28-21)23-22(25)18-9-7-13-24(15-18)29(26,27)19-10-3-2-4-11-19/h2-6,8,10-12,14,16,18H,7,9,13,15H2,1H3,(H,23,25)/t16-,18-/m0/s1. The highest BCUT2D eigenvalue weighted by molar-refractivity contribution is 7.89. The van der Waals surface area contributed by atoms with Gasteiger partial charge in [0.05, 0.1) is 16.9 Å². The van der Waals surface area contributed by atoms with Gasteiger partial charge in [-0.05, 0) is 44.0 Å². The molecule has 1 aliphatic rings. The third-order valence-electron chi connectivity index (χ3n) is 5.37. The number of amides is 1. The lowest BCUT2D eigenvalue weighted by Crippen LogP contribution is -2.45. The number of nitrogens with one attached hydrogen (secondary N) is 1. The molecule has 7 heteroatoms. The van der Waals surface area contributed by atoms with E-state index < -0.39 is 10.0 Å². The predicted octanol–water partition coefficient (Wildman–Crippen LogP) is 3.71. The molecule has 6 nitrogen and oxygen atoms in total. The van der Waals surface area contributed by atoms with Gasteiger partial charge in [-0.15, -0.1) is 0 Å². The molecular weight excluding hydrogens is 388 g/mol. The van der Waals surface area contributed by atoms with Crippen LogP contribution >= 0.6 is 0 Å². The molecule has 1 saturated heterocycles. The molecule has 0 radical (unpaired) electrons. The quantitative estimate of drug-likeness (QED) is 0.693. The van der Waals surface area contributed by atoms with Gasteiger partial charge >= 0.3 is 0 Å². The van der Waals surface area contributed by atoms with Gasteiger partial charge in [0.25, 0.3) is 0 Å². The highest BCUT2D eigenvalue weighted by atomic mass is 32.2. The molecular formula is C22H24N2O4S. The molecule has 0 saturated carbocycles. The van der Waals surface area contributed by atoms with Crippen molar-refractivity contribution in [1.29, 1.82) is 0 Å². The minimum atomic E-state index is -3.59. The lowest BCUT2D eigenvalue weighted by Gasteiger charge is -2.31. The van der Waals surface area contributed by atoms with E-state index in [4.69, 9.17) is 4.42 Å². The minimum absolute atomic E-state index is 0.147. The summed E-state index contributed by atoms with van der Waals surface area (Å²) in [7, 11) is -3.59. The second kappa shape index (κ2) is 8.00. The van der Waals surface area contributed by atoms with Crippen LogP contribution in [-0.2, 0) is 14.8 Å².